The van der Waals surface area contributed by atoms with Crippen LogP contribution in [-0.2, 0) is 0 Å². The van der Waals surface area contributed by atoms with Gasteiger partial charge < -0.3 is 15.5 Å². The predicted octanol–water partition coefficient (Wildman–Crippen LogP) is 3.97. The fraction of sp³-hybridized carbons (Fsp3) is 0.476. The van der Waals surface area contributed by atoms with Crippen LogP contribution in [0.2, 0.25) is 5.02 Å². The van der Waals surface area contributed by atoms with Gasteiger partial charge in [0.1, 0.15) is 17.5 Å². The highest BCUT2D eigenvalue weighted by atomic mass is 35.5. The Labute approximate surface area is 171 Å². The highest BCUT2D eigenvalue weighted by molar-refractivity contribution is 6.31. The van der Waals surface area contributed by atoms with E-state index in [2.05, 4.69) is 20.6 Å². The van der Waals surface area contributed by atoms with Crippen molar-refractivity contribution in [1.82, 2.24) is 15.3 Å². The Morgan fingerprint density at radius 2 is 1.75 bits per heavy atom. The summed E-state index contributed by atoms with van der Waals surface area (Å²) in [5.74, 6) is 2.46. The average molecular weight is 402 g/mol. The number of nitrogens with zero attached hydrogens (tertiary/aromatic N) is 3. The second kappa shape index (κ2) is 8.78. The summed E-state index contributed by atoms with van der Waals surface area (Å²) in [6.45, 7) is 3.83. The first-order valence-electron chi connectivity index (χ1n) is 9.68. The molecule has 7 heteroatoms. The van der Waals surface area contributed by atoms with Crippen molar-refractivity contribution in [1.29, 1.82) is 0 Å². The summed E-state index contributed by atoms with van der Waals surface area (Å²) in [7, 11) is 3.95. The summed E-state index contributed by atoms with van der Waals surface area (Å²) in [5.41, 5.74) is 1.59. The monoisotopic (exact) mass is 401 g/mol. The second-order valence-electron chi connectivity index (χ2n) is 7.68. The lowest BCUT2D eigenvalue weighted by Crippen LogP contribution is -2.40. The first kappa shape index (κ1) is 20.4. The molecule has 0 unspecified atom stereocenters. The highest BCUT2D eigenvalue weighted by Crippen LogP contribution is 2.24. The molecule has 1 aromatic carbocycles. The van der Waals surface area contributed by atoms with Crippen molar-refractivity contribution in [3.05, 3.63) is 46.2 Å². The van der Waals surface area contributed by atoms with Crippen molar-refractivity contribution in [2.45, 2.75) is 51.6 Å². The van der Waals surface area contributed by atoms with Crippen LogP contribution < -0.4 is 15.5 Å². The molecule has 1 saturated carbocycles. The highest BCUT2D eigenvalue weighted by Gasteiger charge is 2.23. The van der Waals surface area contributed by atoms with Gasteiger partial charge in [-0.3, -0.25) is 4.79 Å². The average Bonchev–Trinajstić information content (AvgIpc) is 2.65. The van der Waals surface area contributed by atoms with Gasteiger partial charge in [0.2, 0.25) is 0 Å². The maximum Gasteiger partial charge on any atom is 0.251 e. The Morgan fingerprint density at radius 3 is 2.39 bits per heavy atom. The van der Waals surface area contributed by atoms with Gasteiger partial charge in [0, 0.05) is 42.8 Å². The zero-order valence-electron chi connectivity index (χ0n) is 16.9. The molecule has 0 bridgehead atoms. The van der Waals surface area contributed by atoms with Gasteiger partial charge in [0.25, 0.3) is 5.91 Å². The molecule has 2 aromatic rings. The number of aryl methyl sites for hydroxylation is 2. The number of rotatable bonds is 5. The van der Waals surface area contributed by atoms with Gasteiger partial charge >= 0.3 is 0 Å². The third kappa shape index (κ3) is 5.13. The van der Waals surface area contributed by atoms with Gasteiger partial charge in [0.15, 0.2) is 0 Å². The lowest BCUT2D eigenvalue weighted by atomic mass is 9.91. The number of nitrogens with one attached hydrogen (secondary N) is 2. The maximum atomic E-state index is 12.5. The summed E-state index contributed by atoms with van der Waals surface area (Å²) in [4.78, 5) is 23.4. The van der Waals surface area contributed by atoms with Crippen molar-refractivity contribution >= 4 is 29.1 Å². The Morgan fingerprint density at radius 1 is 1.07 bits per heavy atom. The lowest BCUT2D eigenvalue weighted by molar-refractivity contribution is 0.0926. The molecule has 150 valence electrons. The topological polar surface area (TPSA) is 70.2 Å². The van der Waals surface area contributed by atoms with Gasteiger partial charge in [-0.1, -0.05) is 17.7 Å². The minimum absolute atomic E-state index is 0.0552. The number of halogens is 1. The zero-order chi connectivity index (χ0) is 20.3. The number of aromatic nitrogens is 2. The minimum Gasteiger partial charge on any atom is -0.367 e. The largest absolute Gasteiger partial charge is 0.367 e. The molecule has 0 aliphatic heterocycles. The summed E-state index contributed by atoms with van der Waals surface area (Å²) in [5, 5.41) is 7.29. The molecule has 0 atom stereocenters. The fourth-order valence-electron chi connectivity index (χ4n) is 3.45. The first-order chi connectivity index (χ1) is 13.3. The van der Waals surface area contributed by atoms with Crippen molar-refractivity contribution < 1.29 is 4.79 Å². The molecule has 0 spiro atoms. The molecule has 1 fully saturated rings. The molecule has 1 heterocycles. The van der Waals surface area contributed by atoms with Crippen molar-refractivity contribution in [2.24, 2.45) is 0 Å². The smallest absolute Gasteiger partial charge is 0.251 e. The molecule has 1 aliphatic carbocycles. The van der Waals surface area contributed by atoms with E-state index >= 15 is 0 Å². The zero-order valence-corrected chi connectivity index (χ0v) is 17.7. The lowest BCUT2D eigenvalue weighted by Gasteiger charge is -2.30. The van der Waals surface area contributed by atoms with Crippen molar-refractivity contribution in [3.8, 4) is 0 Å². The van der Waals surface area contributed by atoms with E-state index in [-0.39, 0.29) is 11.9 Å². The third-order valence-electron chi connectivity index (χ3n) is 5.13. The van der Waals surface area contributed by atoms with E-state index < -0.39 is 0 Å². The van der Waals surface area contributed by atoms with Crippen LogP contribution >= 0.6 is 11.6 Å². The normalized spacial score (nSPS) is 19.2. The van der Waals surface area contributed by atoms with Gasteiger partial charge in [-0.05, 0) is 57.2 Å². The maximum absolute atomic E-state index is 12.5. The molecular formula is C21H28ClN5O. The number of carbonyl (C=O) groups is 1. The van der Waals surface area contributed by atoms with Crippen LogP contribution in [0.5, 0.6) is 0 Å². The summed E-state index contributed by atoms with van der Waals surface area (Å²) in [6.07, 6.45) is 3.85. The van der Waals surface area contributed by atoms with Gasteiger partial charge in [-0.2, -0.15) is 0 Å². The molecule has 0 saturated heterocycles. The Hall–Kier alpha value is -2.34. The molecule has 0 radical (unpaired) electrons. The molecule has 2 N–H and O–H groups in total. The SMILES string of the molecule is Cc1nc(NC2CCC(NC(=O)c3ccc(C)c(Cl)c3)CC2)cc(N(C)C)n1. The second-order valence-corrected chi connectivity index (χ2v) is 8.09. The molecule has 1 aromatic heterocycles. The van der Waals surface area contributed by atoms with E-state index in [9.17, 15) is 4.79 Å². The van der Waals surface area contributed by atoms with Crippen LogP contribution in [-0.4, -0.2) is 42.1 Å². The summed E-state index contributed by atoms with van der Waals surface area (Å²) in [6, 6.07) is 7.95. The molecule has 6 nitrogen and oxygen atoms in total. The van der Waals surface area contributed by atoms with E-state index in [1.54, 1.807) is 6.07 Å². The van der Waals surface area contributed by atoms with Crippen LogP contribution in [0.15, 0.2) is 24.3 Å². The van der Waals surface area contributed by atoms with E-state index in [0.29, 0.717) is 16.6 Å². The van der Waals surface area contributed by atoms with Crippen LogP contribution in [0.3, 0.4) is 0 Å². The number of carbonyl (C=O) groups excluding carboxylic acids is 1. The standard InChI is InChI=1S/C21H28ClN5O/c1-13-5-6-15(11-18(13)22)21(28)26-17-9-7-16(8-10-17)25-19-12-20(27(3)4)24-14(2)23-19/h5-6,11-12,16-17H,7-10H2,1-4H3,(H,26,28)(H,23,24,25). The summed E-state index contributed by atoms with van der Waals surface area (Å²) < 4.78 is 0. The van der Waals surface area contributed by atoms with Crippen LogP contribution in [0, 0.1) is 13.8 Å². The van der Waals surface area contributed by atoms with E-state index in [4.69, 9.17) is 11.6 Å². The number of benzene rings is 1. The Balaban J connectivity index is 1.53. The van der Waals surface area contributed by atoms with Gasteiger partial charge in [-0.25, -0.2) is 9.97 Å². The number of anilines is 2. The Bertz CT molecular complexity index is 847. The van der Waals surface area contributed by atoms with Crippen LogP contribution in [0.25, 0.3) is 0 Å². The minimum atomic E-state index is -0.0552. The van der Waals surface area contributed by atoms with E-state index in [1.807, 2.05) is 51.0 Å². The van der Waals surface area contributed by atoms with Crippen molar-refractivity contribution in [3.63, 3.8) is 0 Å². The molecule has 1 aliphatic rings. The van der Waals surface area contributed by atoms with E-state index in [1.165, 1.54) is 0 Å². The molecule has 1 amide bonds. The summed E-state index contributed by atoms with van der Waals surface area (Å²) >= 11 is 6.14. The van der Waals surface area contributed by atoms with Gasteiger partial charge in [-0.15, -0.1) is 0 Å². The molecular weight excluding hydrogens is 374 g/mol. The van der Waals surface area contributed by atoms with Crippen LogP contribution in [0.4, 0.5) is 11.6 Å². The van der Waals surface area contributed by atoms with Crippen LogP contribution in [0.1, 0.15) is 47.4 Å². The molecule has 28 heavy (non-hydrogen) atoms. The third-order valence-corrected chi connectivity index (χ3v) is 5.54. The number of hydrogen-bond acceptors (Lipinski definition) is 5. The first-order valence-corrected chi connectivity index (χ1v) is 10.1. The number of hydrogen-bond donors (Lipinski definition) is 2. The fourth-order valence-corrected chi connectivity index (χ4v) is 3.63. The quantitative estimate of drug-likeness (QED) is 0.793. The van der Waals surface area contributed by atoms with Crippen molar-refractivity contribution in [2.75, 3.05) is 24.3 Å². The number of amides is 1. The predicted molar refractivity (Wildman–Crippen MR) is 114 cm³/mol. The molecule has 3 rings (SSSR count). The van der Waals surface area contributed by atoms with E-state index in [0.717, 1.165) is 48.7 Å². The Kier molecular flexibility index (Phi) is 6.39. The van der Waals surface area contributed by atoms with Gasteiger partial charge in [0.05, 0.1) is 0 Å².